The third-order valence-electron chi connectivity index (χ3n) is 2.86. The zero-order valence-electron chi connectivity index (χ0n) is 8.71. The topological polar surface area (TPSA) is 69.5 Å². The molecular weight excluding hydrogens is 190 g/mol. The molecule has 0 aliphatic heterocycles. The molecule has 0 bridgehead atoms. The summed E-state index contributed by atoms with van der Waals surface area (Å²) < 4.78 is 0. The molecule has 1 aliphatic carbocycles. The van der Waals surface area contributed by atoms with Gasteiger partial charge in [0.25, 0.3) is 0 Å². The van der Waals surface area contributed by atoms with Crippen molar-refractivity contribution in [3.05, 3.63) is 27.4 Å². The highest BCUT2D eigenvalue weighted by atomic mass is 16.1. The highest BCUT2D eigenvalue weighted by Crippen LogP contribution is 2.24. The van der Waals surface area contributed by atoms with Crippen molar-refractivity contribution in [2.45, 2.75) is 38.5 Å². The first-order valence-corrected chi connectivity index (χ1v) is 5.24. The fraction of sp³-hybridized carbons (Fsp3) is 0.545. The molecule has 0 spiro atoms. The van der Waals surface area contributed by atoms with Crippen molar-refractivity contribution in [3.8, 4) is 6.07 Å². The number of hydrogen-bond acceptors (Lipinski definition) is 3. The standard InChI is InChI=1S/C11H13N3O/c1-7(6-12)10-8-4-2-3-5-9(8)13-11(15)14-10/h7H,2-5H2,1H3,(H,13,14,15). The molecule has 1 aromatic heterocycles. The summed E-state index contributed by atoms with van der Waals surface area (Å²) in [6.07, 6.45) is 4.05. The molecular formula is C11H13N3O. The van der Waals surface area contributed by atoms with E-state index in [4.69, 9.17) is 5.26 Å². The average molecular weight is 203 g/mol. The van der Waals surface area contributed by atoms with Crippen LogP contribution in [0.4, 0.5) is 0 Å². The van der Waals surface area contributed by atoms with Crippen LogP contribution in [-0.2, 0) is 12.8 Å². The summed E-state index contributed by atoms with van der Waals surface area (Å²) in [6.45, 7) is 1.79. The van der Waals surface area contributed by atoms with E-state index in [0.29, 0.717) is 5.69 Å². The van der Waals surface area contributed by atoms with Gasteiger partial charge in [-0.1, -0.05) is 0 Å². The second-order valence-corrected chi connectivity index (χ2v) is 3.94. The molecule has 78 valence electrons. The third kappa shape index (κ3) is 1.78. The van der Waals surface area contributed by atoms with Gasteiger partial charge in [0, 0.05) is 5.69 Å². The molecule has 1 aromatic rings. The summed E-state index contributed by atoms with van der Waals surface area (Å²) >= 11 is 0. The summed E-state index contributed by atoms with van der Waals surface area (Å²) in [5, 5.41) is 8.88. The minimum absolute atomic E-state index is 0.292. The van der Waals surface area contributed by atoms with Crippen molar-refractivity contribution < 1.29 is 0 Å². The number of H-pyrrole nitrogens is 1. The van der Waals surface area contributed by atoms with Crippen molar-refractivity contribution >= 4 is 0 Å². The molecule has 0 amide bonds. The molecule has 1 atom stereocenters. The van der Waals surface area contributed by atoms with Gasteiger partial charge in [-0.15, -0.1) is 0 Å². The van der Waals surface area contributed by atoms with Gasteiger partial charge in [-0.05, 0) is 38.2 Å². The van der Waals surface area contributed by atoms with E-state index in [1.807, 2.05) is 0 Å². The molecule has 1 unspecified atom stereocenters. The second kappa shape index (κ2) is 3.85. The minimum Gasteiger partial charge on any atom is -0.310 e. The summed E-state index contributed by atoms with van der Waals surface area (Å²) in [5.41, 5.74) is 2.43. The van der Waals surface area contributed by atoms with Gasteiger partial charge in [0.15, 0.2) is 0 Å². The summed E-state index contributed by atoms with van der Waals surface area (Å²) in [6, 6.07) is 2.14. The quantitative estimate of drug-likeness (QED) is 0.747. The van der Waals surface area contributed by atoms with Crippen molar-refractivity contribution in [1.29, 1.82) is 5.26 Å². The maximum Gasteiger partial charge on any atom is 0.345 e. The Balaban J connectivity index is 2.58. The average Bonchev–Trinajstić information content (AvgIpc) is 2.26. The van der Waals surface area contributed by atoms with Crippen LogP contribution < -0.4 is 5.69 Å². The smallest absolute Gasteiger partial charge is 0.310 e. The Morgan fingerprint density at radius 2 is 2.20 bits per heavy atom. The van der Waals surface area contributed by atoms with Crippen molar-refractivity contribution in [1.82, 2.24) is 9.97 Å². The third-order valence-corrected chi connectivity index (χ3v) is 2.86. The summed E-state index contributed by atoms with van der Waals surface area (Å²) in [5.74, 6) is -0.292. The zero-order valence-corrected chi connectivity index (χ0v) is 8.71. The molecule has 4 nitrogen and oxygen atoms in total. The number of nitrogens with zero attached hydrogens (tertiary/aromatic N) is 2. The number of aromatic amines is 1. The van der Waals surface area contributed by atoms with Crippen LogP contribution in [0.3, 0.4) is 0 Å². The lowest BCUT2D eigenvalue weighted by Crippen LogP contribution is -2.22. The van der Waals surface area contributed by atoms with E-state index in [1.165, 1.54) is 0 Å². The lowest BCUT2D eigenvalue weighted by molar-refractivity contribution is 0.641. The van der Waals surface area contributed by atoms with Crippen LogP contribution in [0.1, 0.15) is 42.6 Å². The second-order valence-electron chi connectivity index (χ2n) is 3.94. The van der Waals surface area contributed by atoms with Crippen LogP contribution in [-0.4, -0.2) is 9.97 Å². The number of fused-ring (bicyclic) bond motifs is 1. The maximum atomic E-state index is 11.3. The molecule has 1 N–H and O–H groups in total. The SMILES string of the molecule is CC(C#N)c1nc(=O)[nH]c2c1CCCC2. The Labute approximate surface area is 88.0 Å². The molecule has 4 heteroatoms. The van der Waals surface area contributed by atoms with Crippen LogP contribution in [0.25, 0.3) is 0 Å². The number of aryl methyl sites for hydroxylation is 1. The van der Waals surface area contributed by atoms with Gasteiger partial charge in [-0.3, -0.25) is 0 Å². The maximum absolute atomic E-state index is 11.3. The van der Waals surface area contributed by atoms with Crippen molar-refractivity contribution in [3.63, 3.8) is 0 Å². The number of nitrogens with one attached hydrogen (secondary N) is 1. The predicted octanol–water partition coefficient (Wildman–Crippen LogP) is 1.28. The van der Waals surface area contributed by atoms with E-state index < -0.39 is 0 Å². The fourth-order valence-electron chi connectivity index (χ4n) is 2.08. The van der Waals surface area contributed by atoms with E-state index in [-0.39, 0.29) is 11.6 Å². The normalized spacial score (nSPS) is 16.5. The Morgan fingerprint density at radius 3 is 2.93 bits per heavy atom. The Kier molecular flexibility index (Phi) is 2.55. The van der Waals surface area contributed by atoms with E-state index in [1.54, 1.807) is 6.92 Å². The molecule has 0 fully saturated rings. The lowest BCUT2D eigenvalue weighted by atomic mass is 9.91. The molecule has 1 aliphatic rings. The molecule has 0 radical (unpaired) electrons. The molecule has 0 saturated heterocycles. The number of rotatable bonds is 1. The first-order chi connectivity index (χ1) is 7.22. The lowest BCUT2D eigenvalue weighted by Gasteiger charge is -2.18. The Morgan fingerprint density at radius 1 is 1.47 bits per heavy atom. The van der Waals surface area contributed by atoms with E-state index in [2.05, 4.69) is 16.0 Å². The molecule has 0 aromatic carbocycles. The van der Waals surface area contributed by atoms with Gasteiger partial charge in [0.05, 0.1) is 17.7 Å². The largest absolute Gasteiger partial charge is 0.345 e. The van der Waals surface area contributed by atoms with E-state index >= 15 is 0 Å². The minimum atomic E-state index is -0.326. The highest BCUT2D eigenvalue weighted by Gasteiger charge is 2.19. The highest BCUT2D eigenvalue weighted by molar-refractivity contribution is 5.31. The molecule has 0 saturated carbocycles. The van der Waals surface area contributed by atoms with Crippen LogP contribution in [0.2, 0.25) is 0 Å². The first-order valence-electron chi connectivity index (χ1n) is 5.24. The zero-order chi connectivity index (χ0) is 10.8. The van der Waals surface area contributed by atoms with Gasteiger partial charge in [-0.25, -0.2) is 4.79 Å². The Bertz CT molecular complexity index is 470. The van der Waals surface area contributed by atoms with Gasteiger partial charge in [0.2, 0.25) is 0 Å². The van der Waals surface area contributed by atoms with E-state index in [0.717, 1.165) is 36.9 Å². The predicted molar refractivity (Wildman–Crippen MR) is 55.5 cm³/mol. The van der Waals surface area contributed by atoms with Crippen molar-refractivity contribution in [2.75, 3.05) is 0 Å². The van der Waals surface area contributed by atoms with Crippen LogP contribution in [0.15, 0.2) is 4.79 Å². The van der Waals surface area contributed by atoms with Crippen molar-refractivity contribution in [2.24, 2.45) is 0 Å². The molecule has 2 rings (SSSR count). The van der Waals surface area contributed by atoms with Crippen LogP contribution >= 0.6 is 0 Å². The Hall–Kier alpha value is -1.63. The van der Waals surface area contributed by atoms with Crippen LogP contribution in [0.5, 0.6) is 0 Å². The summed E-state index contributed by atoms with van der Waals surface area (Å²) in [4.78, 5) is 18.0. The number of aromatic nitrogens is 2. The van der Waals surface area contributed by atoms with Gasteiger partial charge in [-0.2, -0.15) is 10.2 Å². The number of hydrogen-bond donors (Lipinski definition) is 1. The van der Waals surface area contributed by atoms with Gasteiger partial charge < -0.3 is 4.98 Å². The first kappa shape index (κ1) is 9.91. The fourth-order valence-corrected chi connectivity index (χ4v) is 2.08. The van der Waals surface area contributed by atoms with E-state index in [9.17, 15) is 4.79 Å². The monoisotopic (exact) mass is 203 g/mol. The molecule has 15 heavy (non-hydrogen) atoms. The number of nitriles is 1. The van der Waals surface area contributed by atoms with Crippen LogP contribution in [0, 0.1) is 11.3 Å². The summed E-state index contributed by atoms with van der Waals surface area (Å²) in [7, 11) is 0. The van der Waals surface area contributed by atoms with Gasteiger partial charge >= 0.3 is 5.69 Å². The van der Waals surface area contributed by atoms with Gasteiger partial charge in [0.1, 0.15) is 0 Å². The molecule has 1 heterocycles.